The molecule has 0 aromatic heterocycles. The number of thioether (sulfide) groups is 1. The van der Waals surface area contributed by atoms with Crippen LogP contribution in [0, 0.1) is 0 Å². The molecular formula is C19H33N3OS. The summed E-state index contributed by atoms with van der Waals surface area (Å²) in [5.41, 5.74) is 1.34. The van der Waals surface area contributed by atoms with E-state index in [1.165, 1.54) is 24.2 Å². The van der Waals surface area contributed by atoms with Crippen LogP contribution in [0.4, 0.5) is 0 Å². The average molecular weight is 352 g/mol. The molecule has 0 radical (unpaired) electrons. The van der Waals surface area contributed by atoms with Crippen molar-refractivity contribution in [2.75, 3.05) is 45.4 Å². The molecule has 4 nitrogen and oxygen atoms in total. The molecule has 1 aromatic rings. The molecule has 0 aliphatic rings. The Morgan fingerprint density at radius 2 is 1.71 bits per heavy atom. The molecule has 0 bridgehead atoms. The summed E-state index contributed by atoms with van der Waals surface area (Å²) in [5.74, 6) is 2.14. The normalized spacial score (nSPS) is 11.5. The molecule has 1 aromatic carbocycles. The van der Waals surface area contributed by atoms with Crippen molar-refractivity contribution in [3.05, 3.63) is 35.9 Å². The summed E-state index contributed by atoms with van der Waals surface area (Å²) < 4.78 is 5.70. The minimum absolute atomic E-state index is 0.802. The van der Waals surface area contributed by atoms with E-state index in [2.05, 4.69) is 46.1 Å². The Morgan fingerprint density at radius 1 is 1.00 bits per heavy atom. The maximum absolute atomic E-state index is 5.70. The number of guanidine groups is 1. The second-order valence-corrected chi connectivity index (χ2v) is 6.67. The molecule has 0 saturated carbocycles. The summed E-state index contributed by atoms with van der Waals surface area (Å²) in [5, 5.41) is 6.71. The summed E-state index contributed by atoms with van der Waals surface area (Å²) in [4.78, 5) is 4.24. The number of ether oxygens (including phenoxy) is 1. The number of nitrogens with one attached hydrogen (secondary N) is 2. The molecule has 0 unspecified atom stereocenters. The van der Waals surface area contributed by atoms with Crippen LogP contribution in [0.5, 0.6) is 0 Å². The zero-order valence-corrected chi connectivity index (χ0v) is 16.0. The summed E-state index contributed by atoms with van der Waals surface area (Å²) in [6.07, 6.45) is 7.76. The molecule has 0 atom stereocenters. The summed E-state index contributed by atoms with van der Waals surface area (Å²) >= 11 is 1.90. The Kier molecular flexibility index (Phi) is 13.3. The van der Waals surface area contributed by atoms with Gasteiger partial charge in [-0.2, -0.15) is 11.8 Å². The topological polar surface area (TPSA) is 45.7 Å². The zero-order chi connectivity index (χ0) is 17.3. The van der Waals surface area contributed by atoms with Gasteiger partial charge in [-0.15, -0.1) is 0 Å². The second-order valence-electron chi connectivity index (χ2n) is 5.68. The first-order chi connectivity index (χ1) is 11.9. The monoisotopic (exact) mass is 351 g/mol. The van der Waals surface area contributed by atoms with E-state index in [0.29, 0.717) is 0 Å². The van der Waals surface area contributed by atoms with Crippen molar-refractivity contribution < 1.29 is 4.74 Å². The average Bonchev–Trinajstić information content (AvgIpc) is 2.62. The summed E-state index contributed by atoms with van der Waals surface area (Å²) in [7, 11) is 1.82. The molecule has 5 heteroatoms. The fourth-order valence-electron chi connectivity index (χ4n) is 2.27. The van der Waals surface area contributed by atoms with Crippen molar-refractivity contribution in [3.8, 4) is 0 Å². The lowest BCUT2D eigenvalue weighted by Gasteiger charge is -2.11. The third-order valence-electron chi connectivity index (χ3n) is 3.68. The van der Waals surface area contributed by atoms with Crippen LogP contribution in [0.15, 0.2) is 35.3 Å². The predicted octanol–water partition coefficient (Wildman–Crippen LogP) is 3.33. The molecule has 2 N–H and O–H groups in total. The molecule has 0 saturated heterocycles. The Morgan fingerprint density at radius 3 is 2.38 bits per heavy atom. The molecule has 0 spiro atoms. The molecule has 24 heavy (non-hydrogen) atoms. The lowest BCUT2D eigenvalue weighted by atomic mass is 10.2. The van der Waals surface area contributed by atoms with E-state index in [1.54, 1.807) is 0 Å². The molecule has 0 aliphatic carbocycles. The van der Waals surface area contributed by atoms with Crippen molar-refractivity contribution >= 4 is 17.7 Å². The van der Waals surface area contributed by atoms with E-state index in [-0.39, 0.29) is 0 Å². The maximum atomic E-state index is 5.70. The van der Waals surface area contributed by atoms with Crippen LogP contribution in [0.3, 0.4) is 0 Å². The summed E-state index contributed by atoms with van der Waals surface area (Å²) in [6.45, 7) is 3.56. The Bertz CT molecular complexity index is 426. The van der Waals surface area contributed by atoms with Gasteiger partial charge in [0.25, 0.3) is 0 Å². The van der Waals surface area contributed by atoms with Gasteiger partial charge in [0.1, 0.15) is 0 Å². The van der Waals surface area contributed by atoms with Crippen molar-refractivity contribution in [2.24, 2.45) is 4.99 Å². The molecule has 0 heterocycles. The van der Waals surface area contributed by atoms with E-state index in [9.17, 15) is 0 Å². The smallest absolute Gasteiger partial charge is 0.190 e. The van der Waals surface area contributed by atoms with Crippen molar-refractivity contribution in [1.29, 1.82) is 0 Å². The highest BCUT2D eigenvalue weighted by atomic mass is 32.2. The van der Waals surface area contributed by atoms with Gasteiger partial charge in [-0.05, 0) is 49.7 Å². The van der Waals surface area contributed by atoms with Gasteiger partial charge in [0, 0.05) is 26.7 Å². The lowest BCUT2D eigenvalue weighted by molar-refractivity contribution is 0.133. The molecule has 0 fully saturated rings. The first-order valence-electron chi connectivity index (χ1n) is 8.92. The summed E-state index contributed by atoms with van der Waals surface area (Å²) in [6, 6.07) is 10.5. The Labute approximate surface area is 151 Å². The van der Waals surface area contributed by atoms with Crippen LogP contribution in [-0.2, 0) is 11.2 Å². The maximum Gasteiger partial charge on any atom is 0.190 e. The van der Waals surface area contributed by atoms with Crippen LogP contribution >= 0.6 is 11.8 Å². The Hall–Kier alpha value is -1.20. The zero-order valence-electron chi connectivity index (χ0n) is 15.2. The Balaban J connectivity index is 1.91. The van der Waals surface area contributed by atoms with Crippen molar-refractivity contribution in [3.63, 3.8) is 0 Å². The largest absolute Gasteiger partial charge is 0.381 e. The number of hydrogen-bond donors (Lipinski definition) is 2. The van der Waals surface area contributed by atoms with Gasteiger partial charge >= 0.3 is 0 Å². The molecular weight excluding hydrogens is 318 g/mol. The first-order valence-corrected chi connectivity index (χ1v) is 10.3. The van der Waals surface area contributed by atoms with Crippen LogP contribution in [-0.4, -0.2) is 51.3 Å². The lowest BCUT2D eigenvalue weighted by Crippen LogP contribution is -2.38. The minimum Gasteiger partial charge on any atom is -0.381 e. The first kappa shape index (κ1) is 20.8. The van der Waals surface area contributed by atoms with Gasteiger partial charge < -0.3 is 15.4 Å². The highest BCUT2D eigenvalue weighted by molar-refractivity contribution is 7.98. The number of unbranched alkanes of at least 4 members (excludes halogenated alkanes) is 2. The number of benzene rings is 1. The van der Waals surface area contributed by atoms with Crippen LogP contribution in [0.2, 0.25) is 0 Å². The standard InChI is InChI=1S/C19H33N3OS/c1-20-19(22-14-7-9-17-24-2)21-13-6-8-15-23-16-12-18-10-4-3-5-11-18/h3-5,10-11H,6-9,12-17H2,1-2H3,(H2,20,21,22). The third-order valence-corrected chi connectivity index (χ3v) is 4.37. The van der Waals surface area contributed by atoms with Crippen molar-refractivity contribution in [1.82, 2.24) is 10.6 Å². The van der Waals surface area contributed by atoms with Gasteiger partial charge in [0.15, 0.2) is 5.96 Å². The minimum atomic E-state index is 0.802. The third kappa shape index (κ3) is 11.4. The second kappa shape index (κ2) is 15.3. The quantitative estimate of drug-likeness (QED) is 0.325. The van der Waals surface area contributed by atoms with E-state index in [0.717, 1.165) is 51.5 Å². The molecule has 0 amide bonds. The van der Waals surface area contributed by atoms with E-state index in [1.807, 2.05) is 24.9 Å². The van der Waals surface area contributed by atoms with E-state index < -0.39 is 0 Å². The SMILES string of the molecule is CN=C(NCCCCOCCc1ccccc1)NCCCCSC. The van der Waals surface area contributed by atoms with Gasteiger partial charge in [0.2, 0.25) is 0 Å². The van der Waals surface area contributed by atoms with Gasteiger partial charge in [-0.1, -0.05) is 30.3 Å². The molecule has 1 rings (SSSR count). The fraction of sp³-hybridized carbons (Fsp3) is 0.632. The van der Waals surface area contributed by atoms with Crippen molar-refractivity contribution in [2.45, 2.75) is 32.1 Å². The number of aliphatic imine (C=N–C) groups is 1. The van der Waals surface area contributed by atoms with E-state index in [4.69, 9.17) is 4.74 Å². The number of hydrogen-bond acceptors (Lipinski definition) is 3. The highest BCUT2D eigenvalue weighted by Crippen LogP contribution is 2.00. The van der Waals surface area contributed by atoms with Crippen LogP contribution < -0.4 is 10.6 Å². The van der Waals surface area contributed by atoms with Crippen LogP contribution in [0.25, 0.3) is 0 Å². The van der Waals surface area contributed by atoms with E-state index >= 15 is 0 Å². The predicted molar refractivity (Wildman–Crippen MR) is 107 cm³/mol. The molecule has 0 aliphatic heterocycles. The van der Waals surface area contributed by atoms with Crippen LogP contribution in [0.1, 0.15) is 31.2 Å². The van der Waals surface area contributed by atoms with Gasteiger partial charge in [-0.3, -0.25) is 4.99 Å². The highest BCUT2D eigenvalue weighted by Gasteiger charge is 1.97. The van der Waals surface area contributed by atoms with Gasteiger partial charge in [0.05, 0.1) is 6.61 Å². The molecule has 136 valence electrons. The number of nitrogens with zero attached hydrogens (tertiary/aromatic N) is 1. The number of rotatable bonds is 13. The van der Waals surface area contributed by atoms with Gasteiger partial charge in [-0.25, -0.2) is 0 Å². The fourth-order valence-corrected chi connectivity index (χ4v) is 2.76.